The van der Waals surface area contributed by atoms with Crippen molar-refractivity contribution in [2.75, 3.05) is 6.54 Å². The van der Waals surface area contributed by atoms with Crippen LogP contribution in [0.3, 0.4) is 0 Å². The van der Waals surface area contributed by atoms with Crippen LogP contribution in [0.5, 0.6) is 0 Å². The van der Waals surface area contributed by atoms with E-state index in [-0.39, 0.29) is 11.4 Å². The average Bonchev–Trinajstić information content (AvgIpc) is 2.75. The lowest BCUT2D eigenvalue weighted by Gasteiger charge is -2.19. The van der Waals surface area contributed by atoms with E-state index in [1.165, 1.54) is 12.1 Å². The van der Waals surface area contributed by atoms with Crippen molar-refractivity contribution >= 4 is 0 Å². The molecule has 0 radical (unpaired) electrons. The van der Waals surface area contributed by atoms with Crippen LogP contribution in [-0.4, -0.2) is 22.2 Å². The average molecular weight is 277 g/mol. The van der Waals surface area contributed by atoms with Crippen LogP contribution in [0.25, 0.3) is 0 Å². The highest BCUT2D eigenvalue weighted by molar-refractivity contribution is 5.19. The smallest absolute Gasteiger partial charge is 0.227 e. The van der Waals surface area contributed by atoms with Gasteiger partial charge in [0.1, 0.15) is 5.82 Å². The molecule has 108 valence electrons. The highest BCUT2D eigenvalue weighted by Gasteiger charge is 2.11. The van der Waals surface area contributed by atoms with E-state index < -0.39 is 0 Å². The number of nitrogens with one attached hydrogen (secondary N) is 1. The van der Waals surface area contributed by atoms with Crippen LogP contribution in [0.4, 0.5) is 4.39 Å². The highest BCUT2D eigenvalue weighted by atomic mass is 19.1. The molecule has 20 heavy (non-hydrogen) atoms. The van der Waals surface area contributed by atoms with Crippen LogP contribution in [0.15, 0.2) is 28.8 Å². The van der Waals surface area contributed by atoms with E-state index >= 15 is 0 Å². The molecule has 0 unspecified atom stereocenters. The number of hydrogen-bond donors (Lipinski definition) is 1. The quantitative estimate of drug-likeness (QED) is 0.913. The van der Waals surface area contributed by atoms with Crippen molar-refractivity contribution in [2.24, 2.45) is 0 Å². The third-order valence-electron chi connectivity index (χ3n) is 2.76. The van der Waals surface area contributed by atoms with Gasteiger partial charge in [-0.3, -0.25) is 0 Å². The van der Waals surface area contributed by atoms with Gasteiger partial charge in [-0.1, -0.05) is 17.3 Å². The number of benzene rings is 1. The number of halogens is 1. The molecule has 0 spiro atoms. The Morgan fingerprint density at radius 1 is 1.30 bits per heavy atom. The summed E-state index contributed by atoms with van der Waals surface area (Å²) in [6, 6.07) is 6.43. The number of nitrogens with zero attached hydrogens (tertiary/aromatic N) is 2. The molecule has 0 amide bonds. The largest absolute Gasteiger partial charge is 0.339 e. The molecule has 1 aromatic heterocycles. The third-order valence-corrected chi connectivity index (χ3v) is 2.76. The first-order valence-electron chi connectivity index (χ1n) is 6.73. The van der Waals surface area contributed by atoms with Gasteiger partial charge in [0.15, 0.2) is 5.82 Å². The minimum Gasteiger partial charge on any atom is -0.339 e. The molecule has 1 heterocycles. The molecule has 0 aliphatic rings. The van der Waals surface area contributed by atoms with Gasteiger partial charge in [-0.15, -0.1) is 0 Å². The number of hydrogen-bond acceptors (Lipinski definition) is 4. The summed E-state index contributed by atoms with van der Waals surface area (Å²) in [6.07, 6.45) is 1.17. The topological polar surface area (TPSA) is 51.0 Å². The molecule has 0 bridgehead atoms. The first-order chi connectivity index (χ1) is 9.42. The molecule has 0 saturated carbocycles. The van der Waals surface area contributed by atoms with E-state index in [4.69, 9.17) is 4.52 Å². The molecule has 5 heteroatoms. The summed E-state index contributed by atoms with van der Waals surface area (Å²) in [5.41, 5.74) is 0.912. The molecule has 0 fully saturated rings. The molecule has 0 saturated heterocycles. The van der Waals surface area contributed by atoms with E-state index in [1.807, 2.05) is 6.07 Å². The molecule has 2 aromatic rings. The Balaban J connectivity index is 1.89. The fraction of sp³-hybridized carbons (Fsp3) is 0.467. The summed E-state index contributed by atoms with van der Waals surface area (Å²) in [7, 11) is 0. The van der Waals surface area contributed by atoms with E-state index in [0.717, 1.165) is 12.1 Å². The minimum absolute atomic E-state index is 0.0738. The Labute approximate surface area is 118 Å². The van der Waals surface area contributed by atoms with Crippen LogP contribution in [-0.2, 0) is 12.8 Å². The Bertz CT molecular complexity index is 560. The van der Waals surface area contributed by atoms with Gasteiger partial charge in [-0.2, -0.15) is 4.98 Å². The zero-order valence-electron chi connectivity index (χ0n) is 12.1. The second-order valence-electron chi connectivity index (χ2n) is 5.84. The Hall–Kier alpha value is -1.75. The Morgan fingerprint density at radius 3 is 2.80 bits per heavy atom. The fourth-order valence-corrected chi connectivity index (χ4v) is 1.84. The normalized spacial score (nSPS) is 11.8. The van der Waals surface area contributed by atoms with Gasteiger partial charge in [0, 0.05) is 24.9 Å². The second-order valence-corrected chi connectivity index (χ2v) is 5.84. The van der Waals surface area contributed by atoms with E-state index in [1.54, 1.807) is 6.07 Å². The van der Waals surface area contributed by atoms with Crippen LogP contribution in [0.2, 0.25) is 0 Å². The molecule has 4 nitrogen and oxygen atoms in total. The maximum atomic E-state index is 13.1. The fourth-order valence-electron chi connectivity index (χ4n) is 1.84. The standard InChI is InChI=1S/C15H20FN3O/c1-15(2,3)17-8-7-14-18-13(19-20-14)10-11-5-4-6-12(16)9-11/h4-6,9,17H,7-8,10H2,1-3H3. The summed E-state index contributed by atoms with van der Waals surface area (Å²) >= 11 is 0. The zero-order chi connectivity index (χ0) is 14.6. The van der Waals surface area contributed by atoms with Crippen molar-refractivity contribution in [1.82, 2.24) is 15.5 Å². The molecule has 0 atom stereocenters. The van der Waals surface area contributed by atoms with Gasteiger partial charge in [-0.05, 0) is 38.5 Å². The Morgan fingerprint density at radius 2 is 2.10 bits per heavy atom. The molecule has 1 aromatic carbocycles. The molecule has 0 aliphatic heterocycles. The number of rotatable bonds is 5. The first kappa shape index (κ1) is 14.7. The lowest BCUT2D eigenvalue weighted by atomic mass is 10.1. The predicted molar refractivity (Wildman–Crippen MR) is 75.0 cm³/mol. The second kappa shape index (κ2) is 6.13. The van der Waals surface area contributed by atoms with Gasteiger partial charge in [0.25, 0.3) is 0 Å². The van der Waals surface area contributed by atoms with Crippen LogP contribution in [0, 0.1) is 5.82 Å². The van der Waals surface area contributed by atoms with Gasteiger partial charge in [-0.25, -0.2) is 4.39 Å². The van der Waals surface area contributed by atoms with Gasteiger partial charge < -0.3 is 9.84 Å². The molecule has 1 N–H and O–H groups in total. The maximum Gasteiger partial charge on any atom is 0.227 e. The van der Waals surface area contributed by atoms with Crippen molar-refractivity contribution in [2.45, 2.75) is 39.2 Å². The van der Waals surface area contributed by atoms with E-state index in [0.29, 0.717) is 24.6 Å². The minimum atomic E-state index is -0.249. The highest BCUT2D eigenvalue weighted by Crippen LogP contribution is 2.09. The zero-order valence-corrected chi connectivity index (χ0v) is 12.1. The molecular formula is C15H20FN3O. The van der Waals surface area contributed by atoms with Crippen molar-refractivity contribution in [3.63, 3.8) is 0 Å². The number of aromatic nitrogens is 2. The van der Waals surface area contributed by atoms with Gasteiger partial charge >= 0.3 is 0 Å². The van der Waals surface area contributed by atoms with E-state index in [2.05, 4.69) is 36.2 Å². The van der Waals surface area contributed by atoms with Crippen molar-refractivity contribution in [3.8, 4) is 0 Å². The van der Waals surface area contributed by atoms with Crippen LogP contribution < -0.4 is 5.32 Å². The van der Waals surface area contributed by atoms with E-state index in [9.17, 15) is 4.39 Å². The van der Waals surface area contributed by atoms with Crippen LogP contribution in [0.1, 0.15) is 38.0 Å². The summed E-state index contributed by atoms with van der Waals surface area (Å²) < 4.78 is 18.3. The monoisotopic (exact) mass is 277 g/mol. The van der Waals surface area contributed by atoms with Crippen molar-refractivity contribution in [3.05, 3.63) is 47.4 Å². The molecule has 0 aliphatic carbocycles. The molecule has 2 rings (SSSR count). The maximum absolute atomic E-state index is 13.1. The lowest BCUT2D eigenvalue weighted by molar-refractivity contribution is 0.359. The summed E-state index contributed by atoms with van der Waals surface area (Å²) in [4.78, 5) is 4.31. The Kier molecular flexibility index (Phi) is 4.49. The SMILES string of the molecule is CC(C)(C)NCCc1nc(Cc2cccc(F)c2)no1. The van der Waals surface area contributed by atoms with Crippen molar-refractivity contribution < 1.29 is 8.91 Å². The van der Waals surface area contributed by atoms with Crippen LogP contribution >= 0.6 is 0 Å². The van der Waals surface area contributed by atoms with Crippen molar-refractivity contribution in [1.29, 1.82) is 0 Å². The summed E-state index contributed by atoms with van der Waals surface area (Å²) in [5.74, 6) is 0.940. The molecular weight excluding hydrogens is 257 g/mol. The summed E-state index contributed by atoms with van der Waals surface area (Å²) in [6.45, 7) is 7.10. The predicted octanol–water partition coefficient (Wildman–Crippen LogP) is 2.73. The summed E-state index contributed by atoms with van der Waals surface area (Å²) in [5, 5.41) is 7.28. The lowest BCUT2D eigenvalue weighted by Crippen LogP contribution is -2.37. The third kappa shape index (κ3) is 4.74. The first-order valence-corrected chi connectivity index (χ1v) is 6.73. The van der Waals surface area contributed by atoms with Gasteiger partial charge in [0.05, 0.1) is 0 Å². The van der Waals surface area contributed by atoms with Gasteiger partial charge in [0.2, 0.25) is 5.89 Å².